The van der Waals surface area contributed by atoms with Crippen LogP contribution in [0.2, 0.25) is 0 Å². The van der Waals surface area contributed by atoms with Crippen molar-refractivity contribution in [1.82, 2.24) is 0 Å². The van der Waals surface area contributed by atoms with E-state index in [-0.39, 0.29) is 95.3 Å². The van der Waals surface area contributed by atoms with E-state index < -0.39 is 19.3 Å². The molecule has 0 aliphatic heterocycles. The summed E-state index contributed by atoms with van der Waals surface area (Å²) >= 11 is 0. The zero-order chi connectivity index (χ0) is 10.9. The maximum absolute atomic E-state index is 10.3. The Morgan fingerprint density at radius 2 is 1.38 bits per heavy atom. The maximum atomic E-state index is 10.3. The molecule has 0 aliphatic rings. The van der Waals surface area contributed by atoms with Crippen LogP contribution in [0.25, 0.3) is 0 Å². The van der Waals surface area contributed by atoms with Crippen LogP contribution in [0.15, 0.2) is 0 Å². The van der Waals surface area contributed by atoms with E-state index in [2.05, 4.69) is 9.47 Å². The minimum atomic E-state index is -2.92. The van der Waals surface area contributed by atoms with Gasteiger partial charge in [-0.3, -0.25) is 7.32 Å². The summed E-state index contributed by atoms with van der Waals surface area (Å²) < 4.78 is 8.33. The van der Waals surface area contributed by atoms with E-state index >= 15 is 0 Å². The van der Waals surface area contributed by atoms with Crippen LogP contribution in [0, 0.1) is 0 Å². The summed E-state index contributed by atoms with van der Waals surface area (Å²) in [4.78, 5) is 20.5. The zero-order valence-corrected chi connectivity index (χ0v) is 16.1. The van der Waals surface area contributed by atoms with Gasteiger partial charge in [-0.05, 0) is 6.92 Å². The number of ether oxygens (including phenoxy) is 2. The fraction of sp³-hybridized carbons (Fsp3) is 0.600. The summed E-state index contributed by atoms with van der Waals surface area (Å²) in [6.07, 6.45) is 0. The van der Waals surface area contributed by atoms with Gasteiger partial charge in [-0.2, -0.15) is 0 Å². The normalized spacial score (nSPS) is 6.31. The van der Waals surface area contributed by atoms with Crippen LogP contribution in [-0.4, -0.2) is 33.0 Å². The van der Waals surface area contributed by atoms with Crippen molar-refractivity contribution in [3.63, 3.8) is 0 Å². The van der Waals surface area contributed by atoms with Crippen LogP contribution in [0.3, 0.4) is 0 Å². The van der Waals surface area contributed by atoms with E-state index in [0.717, 1.165) is 7.11 Å². The predicted molar refractivity (Wildman–Crippen MR) is 34.4 cm³/mol. The summed E-state index contributed by atoms with van der Waals surface area (Å²) in [6, 6.07) is 0. The second-order valence-corrected chi connectivity index (χ2v) is 1.50. The van der Waals surface area contributed by atoms with Crippen molar-refractivity contribution < 1.29 is 123 Å². The molecule has 0 aromatic rings. The predicted octanol–water partition coefficient (Wildman–Crippen LogP) is -13.2. The average molecular weight is 260 g/mol. The van der Waals surface area contributed by atoms with Gasteiger partial charge >= 0.3 is 101 Å². The number of carbonyl (C=O) groups excluding carboxylic acids is 2. The van der Waals surface area contributed by atoms with Crippen molar-refractivity contribution in [2.24, 2.45) is 0 Å². The van der Waals surface area contributed by atoms with Gasteiger partial charge < -0.3 is 24.5 Å². The van der Waals surface area contributed by atoms with Gasteiger partial charge in [-0.25, -0.2) is 9.59 Å². The summed E-state index contributed by atoms with van der Waals surface area (Å²) in [5.74, 6) is -1.91. The Balaban J connectivity index is -0.0000000511. The monoisotopic (exact) mass is 260 g/mol. The molecular weight excluding hydrogens is 252 g/mol. The molecule has 0 amide bonds. The molecule has 0 atom stereocenters. The zero-order valence-electron chi connectivity index (χ0n) is 10.1. The first-order valence-corrected chi connectivity index (χ1v) is 3.18. The van der Waals surface area contributed by atoms with Crippen LogP contribution >= 0.6 is 0 Å². The maximum Gasteiger partial charge on any atom is 1.00 e. The van der Waals surface area contributed by atoms with Crippen molar-refractivity contribution in [1.29, 1.82) is 0 Å². The first kappa shape index (κ1) is 30.7. The van der Waals surface area contributed by atoms with E-state index in [0.29, 0.717) is 0 Å². The quantitative estimate of drug-likeness (QED) is 0.260. The number of hydrogen-bond donors (Lipinski definition) is 0. The second kappa shape index (κ2) is 22.1. The number of methoxy groups -OCH3 is 1. The van der Waals surface area contributed by atoms with Crippen molar-refractivity contribution in [3.8, 4) is 0 Å². The van der Waals surface area contributed by atoms with Gasteiger partial charge in [0.15, 0.2) is 0 Å². The number of hydrogen-bond acceptors (Lipinski definition) is 7. The third-order valence-corrected chi connectivity index (χ3v) is 0.627. The van der Waals surface area contributed by atoms with Crippen LogP contribution < -0.4 is 104 Å². The third kappa shape index (κ3) is 29.7. The molecule has 0 aromatic heterocycles. The molecule has 16 heavy (non-hydrogen) atoms. The fourth-order valence-corrected chi connectivity index (χ4v) is 0.273. The van der Waals surface area contributed by atoms with Crippen molar-refractivity contribution in [2.45, 2.75) is 6.92 Å². The number of rotatable bonds is 1. The molecule has 0 saturated carbocycles. The van der Waals surface area contributed by atoms with E-state index in [1.807, 2.05) is 0 Å². The summed E-state index contributed by atoms with van der Waals surface area (Å²) in [5.41, 5.74) is 0. The third-order valence-electron chi connectivity index (χ3n) is 0.627. The molecule has 0 fully saturated rings. The summed E-state index contributed by atoms with van der Waals surface area (Å²) in [5, 5.41) is 25.2. The summed E-state index contributed by atoms with van der Waals surface area (Å²) in [7, 11) is -1.79. The smallest absolute Gasteiger partial charge is 0.907 e. The van der Waals surface area contributed by atoms with Crippen LogP contribution in [0.1, 0.15) is 6.92 Å². The van der Waals surface area contributed by atoms with Gasteiger partial charge in [0.2, 0.25) is 0 Å². The molecular formula is C5H8BNa3O7. The van der Waals surface area contributed by atoms with E-state index in [4.69, 9.17) is 15.1 Å². The molecule has 0 radical (unpaired) electrons. The minimum absolute atomic E-state index is 0. The van der Waals surface area contributed by atoms with Crippen LogP contribution in [0.4, 0.5) is 0 Å². The van der Waals surface area contributed by atoms with Gasteiger partial charge in [-0.1, -0.05) is 0 Å². The van der Waals surface area contributed by atoms with Crippen LogP contribution in [0.5, 0.6) is 0 Å². The molecule has 0 saturated heterocycles. The molecule has 0 heterocycles. The van der Waals surface area contributed by atoms with Crippen LogP contribution in [-0.2, 0) is 19.1 Å². The standard InChI is InChI=1S/C5H8O4.BO3.3Na/c1-3-9-5(7)4(6)8-2;2-1(3)4;;;/h3H2,1-2H3;;;;/q;-3;3*+1. The Labute approximate surface area is 160 Å². The molecule has 0 spiro atoms. The van der Waals surface area contributed by atoms with Gasteiger partial charge in [0, 0.05) is 0 Å². The topological polar surface area (TPSA) is 122 Å². The molecule has 0 unspecified atom stereocenters. The van der Waals surface area contributed by atoms with E-state index in [9.17, 15) is 9.59 Å². The minimum Gasteiger partial charge on any atom is -0.907 e. The molecule has 0 rings (SSSR count). The number of esters is 2. The molecule has 11 heteroatoms. The van der Waals surface area contributed by atoms with Gasteiger partial charge in [-0.15, -0.1) is 0 Å². The molecule has 76 valence electrons. The van der Waals surface area contributed by atoms with E-state index in [1.54, 1.807) is 6.92 Å². The Bertz CT molecular complexity index is 165. The Kier molecular flexibility index (Phi) is 42.4. The van der Waals surface area contributed by atoms with Gasteiger partial charge in [0.05, 0.1) is 13.7 Å². The number of carbonyl (C=O) groups is 2. The van der Waals surface area contributed by atoms with Gasteiger partial charge in [0.25, 0.3) is 0 Å². The van der Waals surface area contributed by atoms with Crippen molar-refractivity contribution in [2.75, 3.05) is 13.7 Å². The Hall–Kier alpha value is 1.88. The molecule has 0 N–H and O–H groups in total. The molecule has 7 nitrogen and oxygen atoms in total. The molecule has 0 aliphatic carbocycles. The Morgan fingerprint density at radius 1 is 1.06 bits per heavy atom. The first-order chi connectivity index (χ1) is 5.95. The fourth-order valence-electron chi connectivity index (χ4n) is 0.273. The van der Waals surface area contributed by atoms with Gasteiger partial charge in [0.1, 0.15) is 0 Å². The first-order valence-electron chi connectivity index (χ1n) is 3.18. The Morgan fingerprint density at radius 3 is 1.56 bits per heavy atom. The second-order valence-electron chi connectivity index (χ2n) is 1.50. The van der Waals surface area contributed by atoms with E-state index in [1.165, 1.54) is 0 Å². The summed E-state index contributed by atoms with van der Waals surface area (Å²) in [6.45, 7) is 1.80. The largest absolute Gasteiger partial charge is 1.00 e. The SMILES string of the molecule is CCOC(=O)C(=O)OC.[Na+].[Na+].[Na+].[O-]B([O-])[O-]. The average Bonchev–Trinajstić information content (AvgIpc) is 2.02. The van der Waals surface area contributed by atoms with Crippen molar-refractivity contribution >= 4 is 19.3 Å². The van der Waals surface area contributed by atoms with Crippen molar-refractivity contribution in [3.05, 3.63) is 0 Å². The molecule has 0 bridgehead atoms. The molecule has 0 aromatic carbocycles.